The smallest absolute Gasteiger partial charge is 0.413 e. The van der Waals surface area contributed by atoms with E-state index in [0.29, 0.717) is 17.1 Å². The number of sulfonamides is 1. The van der Waals surface area contributed by atoms with E-state index < -0.39 is 28.0 Å². The Bertz CT molecular complexity index is 1230. The Balaban J connectivity index is 1.80. The summed E-state index contributed by atoms with van der Waals surface area (Å²) in [6.07, 6.45) is 1.76. The fourth-order valence-corrected chi connectivity index (χ4v) is 3.35. The van der Waals surface area contributed by atoms with Crippen LogP contribution in [0.2, 0.25) is 0 Å². The number of carbonyl (C=O) groups excluding carboxylic acids is 1. The molecule has 3 heterocycles. The van der Waals surface area contributed by atoms with E-state index in [1.807, 2.05) is 0 Å². The molecular weight excluding hydrogens is 429 g/mol. The zero-order valence-electron chi connectivity index (χ0n) is 17.1. The molecule has 0 aliphatic rings. The number of aromatic nitrogens is 5. The van der Waals surface area contributed by atoms with Gasteiger partial charge in [0.05, 0.1) is 29.5 Å². The molecule has 11 nitrogen and oxygen atoms in total. The molecule has 0 spiro atoms. The van der Waals surface area contributed by atoms with E-state index in [-0.39, 0.29) is 17.1 Å². The van der Waals surface area contributed by atoms with Gasteiger partial charge in [-0.3, -0.25) is 15.0 Å². The van der Waals surface area contributed by atoms with Crippen molar-refractivity contribution in [1.82, 2.24) is 25.0 Å². The van der Waals surface area contributed by atoms with Crippen molar-refractivity contribution < 1.29 is 22.3 Å². The minimum Gasteiger partial charge on any atom is -0.441 e. The number of hydrogen-bond acceptors (Lipinski definition) is 8. The number of hydrogen-bond donors (Lipinski definition) is 2. The first-order valence-corrected chi connectivity index (χ1v) is 10.9. The van der Waals surface area contributed by atoms with Gasteiger partial charge in [-0.05, 0) is 32.0 Å². The average Bonchev–Trinajstić information content (AvgIpc) is 3.03. The van der Waals surface area contributed by atoms with Crippen LogP contribution in [-0.4, -0.2) is 45.7 Å². The highest BCUT2D eigenvalue weighted by atomic mass is 32.2. The van der Waals surface area contributed by atoms with Crippen molar-refractivity contribution in [3.05, 3.63) is 47.7 Å². The fraction of sp³-hybridized carbons (Fsp3) is 0.278. The highest BCUT2D eigenvalue weighted by Gasteiger charge is 2.21. The van der Waals surface area contributed by atoms with Gasteiger partial charge < -0.3 is 4.74 Å². The Morgan fingerprint density at radius 2 is 2.03 bits per heavy atom. The van der Waals surface area contributed by atoms with Gasteiger partial charge in [0.25, 0.3) is 0 Å². The number of rotatable bonds is 6. The van der Waals surface area contributed by atoms with Crippen LogP contribution in [0.25, 0.3) is 11.4 Å². The largest absolute Gasteiger partial charge is 0.441 e. The first kappa shape index (κ1) is 22.1. The van der Waals surface area contributed by atoms with Crippen LogP contribution < -0.4 is 10.0 Å². The van der Waals surface area contributed by atoms with E-state index in [4.69, 9.17) is 4.74 Å². The summed E-state index contributed by atoms with van der Waals surface area (Å²) < 4.78 is 45.7. The molecule has 0 saturated heterocycles. The van der Waals surface area contributed by atoms with Gasteiger partial charge in [0.2, 0.25) is 10.0 Å². The zero-order chi connectivity index (χ0) is 22.8. The average molecular weight is 449 g/mol. The summed E-state index contributed by atoms with van der Waals surface area (Å²) in [6, 6.07) is 4.49. The Morgan fingerprint density at radius 3 is 2.68 bits per heavy atom. The second kappa shape index (κ2) is 8.63. The molecule has 3 aromatic heterocycles. The number of pyridine rings is 2. The molecule has 1 unspecified atom stereocenters. The number of halogens is 1. The summed E-state index contributed by atoms with van der Waals surface area (Å²) in [7, 11) is -1.90. The van der Waals surface area contributed by atoms with Crippen molar-refractivity contribution in [3.8, 4) is 11.4 Å². The monoisotopic (exact) mass is 449 g/mol. The lowest BCUT2D eigenvalue weighted by Crippen LogP contribution is -2.19. The third-order valence-electron chi connectivity index (χ3n) is 4.20. The number of nitrogens with zero attached hydrogens (tertiary/aromatic N) is 5. The summed E-state index contributed by atoms with van der Waals surface area (Å²) in [5.41, 5.74) is 1.50. The summed E-state index contributed by atoms with van der Waals surface area (Å²) in [6.45, 7) is 3.15. The molecule has 0 fully saturated rings. The molecule has 2 N–H and O–H groups in total. The first-order chi connectivity index (χ1) is 14.5. The quantitative estimate of drug-likeness (QED) is 0.584. The molecule has 31 heavy (non-hydrogen) atoms. The van der Waals surface area contributed by atoms with E-state index in [1.54, 1.807) is 14.0 Å². The molecule has 3 rings (SSSR count). The van der Waals surface area contributed by atoms with E-state index in [0.717, 1.165) is 12.5 Å². The van der Waals surface area contributed by atoms with Gasteiger partial charge in [-0.25, -0.2) is 27.3 Å². The van der Waals surface area contributed by atoms with Gasteiger partial charge in [-0.2, -0.15) is 0 Å². The van der Waals surface area contributed by atoms with Crippen LogP contribution in [0.15, 0.2) is 30.6 Å². The van der Waals surface area contributed by atoms with Crippen LogP contribution in [0.4, 0.5) is 20.7 Å². The Kier molecular flexibility index (Phi) is 6.15. The van der Waals surface area contributed by atoms with E-state index in [2.05, 4.69) is 30.3 Å². The topological polar surface area (TPSA) is 141 Å². The predicted octanol–water partition coefficient (Wildman–Crippen LogP) is 2.40. The van der Waals surface area contributed by atoms with Crippen LogP contribution >= 0.6 is 0 Å². The molecule has 0 aliphatic carbocycles. The number of carbonyl (C=O) groups is 1. The minimum absolute atomic E-state index is 0.180. The van der Waals surface area contributed by atoms with Crippen molar-refractivity contribution in [2.45, 2.75) is 20.0 Å². The molecule has 1 amide bonds. The SMILES string of the molecule is Cc1nc(-c2nnn(C)c2NC(=O)OC(C)c2ccncc2F)ccc1NS(C)(=O)=O. The molecule has 0 aromatic carbocycles. The number of ether oxygens (including phenoxy) is 1. The number of nitrogens with one attached hydrogen (secondary N) is 2. The number of aryl methyl sites for hydroxylation is 2. The van der Waals surface area contributed by atoms with Crippen LogP contribution in [0, 0.1) is 12.7 Å². The van der Waals surface area contributed by atoms with Crippen molar-refractivity contribution in [3.63, 3.8) is 0 Å². The summed E-state index contributed by atoms with van der Waals surface area (Å²) in [5, 5.41) is 10.4. The molecule has 0 radical (unpaired) electrons. The predicted molar refractivity (Wildman–Crippen MR) is 110 cm³/mol. The van der Waals surface area contributed by atoms with Crippen molar-refractivity contribution in [1.29, 1.82) is 0 Å². The first-order valence-electron chi connectivity index (χ1n) is 8.97. The van der Waals surface area contributed by atoms with E-state index in [9.17, 15) is 17.6 Å². The van der Waals surface area contributed by atoms with Gasteiger partial charge >= 0.3 is 6.09 Å². The van der Waals surface area contributed by atoms with Crippen molar-refractivity contribution in [2.24, 2.45) is 7.05 Å². The lowest BCUT2D eigenvalue weighted by molar-refractivity contribution is 0.119. The number of anilines is 2. The van der Waals surface area contributed by atoms with Crippen LogP contribution in [0.3, 0.4) is 0 Å². The third-order valence-corrected chi connectivity index (χ3v) is 4.79. The zero-order valence-corrected chi connectivity index (χ0v) is 17.9. The summed E-state index contributed by atoms with van der Waals surface area (Å²) in [4.78, 5) is 20.4. The van der Waals surface area contributed by atoms with Gasteiger partial charge in [-0.15, -0.1) is 5.10 Å². The van der Waals surface area contributed by atoms with Crippen LogP contribution in [0.1, 0.15) is 24.3 Å². The van der Waals surface area contributed by atoms with Gasteiger partial charge in [0.15, 0.2) is 11.5 Å². The van der Waals surface area contributed by atoms with Crippen molar-refractivity contribution in [2.75, 3.05) is 16.3 Å². The number of amides is 1. The maximum absolute atomic E-state index is 13.8. The van der Waals surface area contributed by atoms with Crippen LogP contribution in [-0.2, 0) is 21.8 Å². The minimum atomic E-state index is -3.46. The summed E-state index contributed by atoms with van der Waals surface area (Å²) >= 11 is 0. The van der Waals surface area contributed by atoms with Crippen LogP contribution in [0.5, 0.6) is 0 Å². The van der Waals surface area contributed by atoms with Gasteiger partial charge in [0.1, 0.15) is 11.9 Å². The van der Waals surface area contributed by atoms with Crippen molar-refractivity contribution >= 4 is 27.6 Å². The molecule has 0 aliphatic heterocycles. The Labute approximate surface area is 177 Å². The summed E-state index contributed by atoms with van der Waals surface area (Å²) in [5.74, 6) is -0.392. The molecule has 164 valence electrons. The standard InChI is InChI=1S/C18H20FN7O4S/c1-10-14(24-31(4,28)29)5-6-15(21-10)16-17(26(3)25-23-16)22-18(27)30-11(2)12-7-8-20-9-13(12)19/h5-9,11,24H,1-4H3,(H,22,27). The Hall–Kier alpha value is -3.61. The van der Waals surface area contributed by atoms with Gasteiger partial charge in [-0.1, -0.05) is 5.21 Å². The molecular formula is C18H20FN7O4S. The molecule has 3 aromatic rings. The van der Waals surface area contributed by atoms with Gasteiger partial charge in [0, 0.05) is 18.8 Å². The maximum atomic E-state index is 13.8. The second-order valence-corrected chi connectivity index (χ2v) is 8.43. The Morgan fingerprint density at radius 1 is 1.29 bits per heavy atom. The highest BCUT2D eigenvalue weighted by molar-refractivity contribution is 7.92. The lowest BCUT2D eigenvalue weighted by Gasteiger charge is -2.15. The highest BCUT2D eigenvalue weighted by Crippen LogP contribution is 2.27. The van der Waals surface area contributed by atoms with E-state index in [1.165, 1.54) is 36.0 Å². The maximum Gasteiger partial charge on any atom is 0.413 e. The molecule has 1 atom stereocenters. The molecule has 0 bridgehead atoms. The lowest BCUT2D eigenvalue weighted by atomic mass is 10.1. The fourth-order valence-electron chi connectivity index (χ4n) is 2.74. The second-order valence-electron chi connectivity index (χ2n) is 6.68. The molecule has 0 saturated carbocycles. The normalized spacial score (nSPS) is 12.3. The third kappa shape index (κ3) is 5.31. The molecule has 13 heteroatoms. The van der Waals surface area contributed by atoms with E-state index >= 15 is 0 Å².